The molecule has 0 aliphatic carbocycles. The summed E-state index contributed by atoms with van der Waals surface area (Å²) in [5, 5.41) is 18.2. The van der Waals surface area contributed by atoms with Crippen molar-refractivity contribution in [2.75, 3.05) is 13.1 Å². The SMILES string of the molecule is C=CCC(=C(C(=O)O)C(=O)O)N(CC=C)CCCCC. The maximum Gasteiger partial charge on any atom is 0.344 e. The van der Waals surface area contributed by atoms with Crippen LogP contribution >= 0.6 is 0 Å². The van der Waals surface area contributed by atoms with E-state index in [0.29, 0.717) is 13.1 Å². The van der Waals surface area contributed by atoms with Crippen molar-refractivity contribution in [3.8, 4) is 0 Å². The van der Waals surface area contributed by atoms with Gasteiger partial charge in [0.25, 0.3) is 0 Å². The number of carbonyl (C=O) groups is 2. The van der Waals surface area contributed by atoms with Crippen LogP contribution in [0, 0.1) is 0 Å². The van der Waals surface area contributed by atoms with Gasteiger partial charge < -0.3 is 15.1 Å². The van der Waals surface area contributed by atoms with Crippen LogP contribution in [0.15, 0.2) is 36.6 Å². The van der Waals surface area contributed by atoms with Gasteiger partial charge in [-0.1, -0.05) is 31.9 Å². The molecule has 0 saturated carbocycles. The first-order valence-electron chi connectivity index (χ1n) is 6.66. The molecule has 0 aliphatic heterocycles. The predicted molar refractivity (Wildman–Crippen MR) is 78.4 cm³/mol. The molecule has 0 aromatic carbocycles. The lowest BCUT2D eigenvalue weighted by molar-refractivity contribution is -0.140. The molecule has 0 fully saturated rings. The smallest absolute Gasteiger partial charge is 0.344 e. The summed E-state index contributed by atoms with van der Waals surface area (Å²) in [4.78, 5) is 24.1. The highest BCUT2D eigenvalue weighted by Crippen LogP contribution is 2.17. The van der Waals surface area contributed by atoms with E-state index >= 15 is 0 Å². The van der Waals surface area contributed by atoms with Gasteiger partial charge in [-0.2, -0.15) is 0 Å². The molecule has 0 aromatic rings. The van der Waals surface area contributed by atoms with Crippen LogP contribution in [0.1, 0.15) is 32.6 Å². The second-order valence-electron chi connectivity index (χ2n) is 4.37. The van der Waals surface area contributed by atoms with Crippen LogP contribution in [0.25, 0.3) is 0 Å². The highest BCUT2D eigenvalue weighted by molar-refractivity contribution is 6.13. The fraction of sp³-hybridized carbons (Fsp3) is 0.467. The lowest BCUT2D eigenvalue weighted by Crippen LogP contribution is -2.29. The predicted octanol–water partition coefficient (Wildman–Crippen LogP) is 2.66. The minimum Gasteiger partial charge on any atom is -0.477 e. The van der Waals surface area contributed by atoms with E-state index in [9.17, 15) is 9.59 Å². The molecule has 0 unspecified atom stereocenters. The molecular weight excluding hydrogens is 258 g/mol. The lowest BCUT2D eigenvalue weighted by atomic mass is 10.1. The molecule has 5 nitrogen and oxygen atoms in total. The minimum absolute atomic E-state index is 0.202. The van der Waals surface area contributed by atoms with Crippen LogP contribution in [0.5, 0.6) is 0 Å². The lowest BCUT2D eigenvalue weighted by Gasteiger charge is -2.26. The van der Waals surface area contributed by atoms with Crippen molar-refractivity contribution in [2.24, 2.45) is 0 Å². The fourth-order valence-electron chi connectivity index (χ4n) is 1.91. The molecule has 0 saturated heterocycles. The summed E-state index contributed by atoms with van der Waals surface area (Å²) in [5.74, 6) is -2.86. The third kappa shape index (κ3) is 5.73. The van der Waals surface area contributed by atoms with Crippen LogP contribution in [-0.4, -0.2) is 40.1 Å². The number of carboxylic acid groups (broad SMARTS) is 2. The maximum atomic E-state index is 11.2. The molecule has 20 heavy (non-hydrogen) atoms. The summed E-state index contributed by atoms with van der Waals surface area (Å²) in [6.07, 6.45) is 6.26. The van der Waals surface area contributed by atoms with Crippen LogP contribution in [0.4, 0.5) is 0 Å². The van der Waals surface area contributed by atoms with Gasteiger partial charge in [-0.15, -0.1) is 13.2 Å². The first kappa shape index (κ1) is 18.0. The average Bonchev–Trinajstić information content (AvgIpc) is 2.36. The van der Waals surface area contributed by atoms with Crippen LogP contribution in [0.3, 0.4) is 0 Å². The van der Waals surface area contributed by atoms with Crippen LogP contribution in [-0.2, 0) is 9.59 Å². The summed E-state index contributed by atoms with van der Waals surface area (Å²) in [7, 11) is 0. The van der Waals surface area contributed by atoms with Gasteiger partial charge in [0.1, 0.15) is 0 Å². The number of carboxylic acids is 2. The Balaban J connectivity index is 5.47. The van der Waals surface area contributed by atoms with E-state index in [2.05, 4.69) is 20.1 Å². The van der Waals surface area contributed by atoms with Gasteiger partial charge in [0.05, 0.1) is 0 Å². The van der Waals surface area contributed by atoms with Crippen molar-refractivity contribution in [3.63, 3.8) is 0 Å². The topological polar surface area (TPSA) is 77.8 Å². The summed E-state index contributed by atoms with van der Waals surface area (Å²) < 4.78 is 0. The number of allylic oxidation sites excluding steroid dienone is 1. The molecule has 2 N–H and O–H groups in total. The normalized spacial score (nSPS) is 9.65. The van der Waals surface area contributed by atoms with Crippen molar-refractivity contribution < 1.29 is 19.8 Å². The van der Waals surface area contributed by atoms with Gasteiger partial charge in [-0.05, 0) is 6.42 Å². The zero-order valence-corrected chi connectivity index (χ0v) is 12.0. The number of nitrogens with zero attached hydrogens (tertiary/aromatic N) is 1. The summed E-state index contributed by atoms with van der Waals surface area (Å²) >= 11 is 0. The monoisotopic (exact) mass is 281 g/mol. The van der Waals surface area contributed by atoms with Gasteiger partial charge in [0.15, 0.2) is 5.57 Å². The van der Waals surface area contributed by atoms with Crippen LogP contribution < -0.4 is 0 Å². The minimum atomic E-state index is -1.43. The van der Waals surface area contributed by atoms with Gasteiger partial charge in [-0.25, -0.2) is 9.59 Å². The van der Waals surface area contributed by atoms with Crippen molar-refractivity contribution >= 4 is 11.9 Å². The van der Waals surface area contributed by atoms with Gasteiger partial charge in [0, 0.05) is 25.2 Å². The fourth-order valence-corrected chi connectivity index (χ4v) is 1.91. The molecule has 0 spiro atoms. The highest BCUT2D eigenvalue weighted by atomic mass is 16.4. The van der Waals surface area contributed by atoms with E-state index in [1.807, 2.05) is 0 Å². The highest BCUT2D eigenvalue weighted by Gasteiger charge is 2.24. The molecule has 0 bridgehead atoms. The molecular formula is C15H23NO4. The second-order valence-corrected chi connectivity index (χ2v) is 4.37. The Morgan fingerprint density at radius 3 is 2.10 bits per heavy atom. The first-order chi connectivity index (χ1) is 9.49. The number of unbranched alkanes of at least 4 members (excludes halogenated alkanes) is 2. The zero-order chi connectivity index (χ0) is 15.5. The molecule has 112 valence electrons. The Hall–Kier alpha value is -2.04. The Labute approximate surface area is 119 Å². The van der Waals surface area contributed by atoms with E-state index in [-0.39, 0.29) is 12.1 Å². The molecule has 0 amide bonds. The maximum absolute atomic E-state index is 11.2. The quantitative estimate of drug-likeness (QED) is 0.200. The molecule has 0 radical (unpaired) electrons. The van der Waals surface area contributed by atoms with Crippen LogP contribution in [0.2, 0.25) is 0 Å². The average molecular weight is 281 g/mol. The first-order valence-corrected chi connectivity index (χ1v) is 6.66. The Morgan fingerprint density at radius 2 is 1.70 bits per heavy atom. The molecule has 0 heterocycles. The van der Waals surface area contributed by atoms with E-state index < -0.39 is 17.5 Å². The van der Waals surface area contributed by atoms with Crippen molar-refractivity contribution in [1.29, 1.82) is 0 Å². The zero-order valence-electron chi connectivity index (χ0n) is 12.0. The summed E-state index contributed by atoms with van der Waals surface area (Å²) in [5.41, 5.74) is -0.320. The van der Waals surface area contributed by atoms with E-state index in [1.165, 1.54) is 6.08 Å². The number of aliphatic carboxylic acids is 2. The molecule has 0 rings (SSSR count). The molecule has 0 aromatic heterocycles. The Bertz CT molecular complexity index is 383. The Morgan fingerprint density at radius 1 is 1.10 bits per heavy atom. The molecule has 0 aliphatic rings. The van der Waals surface area contributed by atoms with Gasteiger partial charge >= 0.3 is 11.9 Å². The van der Waals surface area contributed by atoms with E-state index in [4.69, 9.17) is 10.2 Å². The number of rotatable bonds is 11. The van der Waals surface area contributed by atoms with Gasteiger partial charge in [0.2, 0.25) is 0 Å². The van der Waals surface area contributed by atoms with Gasteiger partial charge in [-0.3, -0.25) is 0 Å². The molecule has 0 atom stereocenters. The summed E-state index contributed by atoms with van der Waals surface area (Å²) in [6, 6.07) is 0. The van der Waals surface area contributed by atoms with E-state index in [1.54, 1.807) is 11.0 Å². The standard InChI is InChI=1S/C15H23NO4/c1-4-7-8-11-16(10-6-3)12(9-5-2)13(14(17)18)15(19)20/h5-6H,2-4,7-11H2,1H3,(H,17,18)(H,19,20). The third-order valence-electron chi connectivity index (χ3n) is 2.82. The van der Waals surface area contributed by atoms with Crippen molar-refractivity contribution in [1.82, 2.24) is 4.90 Å². The second kappa shape index (κ2) is 9.83. The third-order valence-corrected chi connectivity index (χ3v) is 2.82. The largest absolute Gasteiger partial charge is 0.477 e. The van der Waals surface area contributed by atoms with Crippen molar-refractivity contribution in [2.45, 2.75) is 32.6 Å². The molecule has 5 heteroatoms. The summed E-state index contributed by atoms with van der Waals surface area (Å²) in [6.45, 7) is 10.3. The number of hydrogen-bond acceptors (Lipinski definition) is 3. The van der Waals surface area contributed by atoms with E-state index in [0.717, 1.165) is 19.3 Å². The number of hydrogen-bond donors (Lipinski definition) is 2. The Kier molecular flexibility index (Phi) is 8.83. The van der Waals surface area contributed by atoms with Crippen molar-refractivity contribution in [3.05, 3.63) is 36.6 Å².